The number of aromatic nitrogens is 2. The van der Waals surface area contributed by atoms with Gasteiger partial charge in [0.15, 0.2) is 5.82 Å². The highest BCUT2D eigenvalue weighted by Gasteiger charge is 2.07. The van der Waals surface area contributed by atoms with Gasteiger partial charge in [-0.3, -0.25) is 0 Å². The number of hydrogen-bond donors (Lipinski definition) is 2. The topological polar surface area (TPSA) is 73.1 Å². The molecule has 5 heteroatoms. The van der Waals surface area contributed by atoms with Crippen LogP contribution in [-0.2, 0) is 0 Å². The summed E-state index contributed by atoms with van der Waals surface area (Å²) in [5.41, 5.74) is 3.46. The first-order valence-corrected chi connectivity index (χ1v) is 6.23. The highest BCUT2D eigenvalue weighted by atomic mass is 16.5. The van der Waals surface area contributed by atoms with Gasteiger partial charge in [0.1, 0.15) is 5.82 Å². The third-order valence-corrected chi connectivity index (χ3v) is 2.45. The lowest BCUT2D eigenvalue weighted by Gasteiger charge is -2.10. The van der Waals surface area contributed by atoms with Gasteiger partial charge in [-0.1, -0.05) is 44.2 Å². The average molecular weight is 258 g/mol. The quantitative estimate of drug-likeness (QED) is 0.636. The van der Waals surface area contributed by atoms with E-state index in [2.05, 4.69) is 29.2 Å². The van der Waals surface area contributed by atoms with E-state index in [-0.39, 0.29) is 0 Å². The molecule has 0 saturated heterocycles. The molecule has 0 fully saturated rings. The number of nitrogen functional groups attached to an aromatic ring is 1. The number of anilines is 1. The molecule has 0 aliphatic heterocycles. The largest absolute Gasteiger partial charge is 0.477 e. The molecule has 3 N–H and O–H groups in total. The SMILES string of the molecule is CC(C)COc1cc(NN)nc(-c2ccccc2)n1. The molecule has 2 aromatic rings. The third kappa shape index (κ3) is 3.66. The Morgan fingerprint density at radius 1 is 1.21 bits per heavy atom. The second-order valence-corrected chi connectivity index (χ2v) is 4.63. The van der Waals surface area contributed by atoms with Crippen LogP contribution in [0.25, 0.3) is 11.4 Å². The second kappa shape index (κ2) is 6.15. The molecule has 0 aliphatic rings. The van der Waals surface area contributed by atoms with E-state index in [1.807, 2.05) is 30.3 Å². The lowest BCUT2D eigenvalue weighted by Crippen LogP contribution is -2.11. The molecule has 1 aromatic carbocycles. The fourth-order valence-electron chi connectivity index (χ4n) is 1.54. The van der Waals surface area contributed by atoms with Gasteiger partial charge in [-0.05, 0) is 5.92 Å². The number of rotatable bonds is 5. The first-order valence-electron chi connectivity index (χ1n) is 6.23. The van der Waals surface area contributed by atoms with Gasteiger partial charge in [0.05, 0.1) is 6.61 Å². The monoisotopic (exact) mass is 258 g/mol. The number of nitrogens with zero attached hydrogens (tertiary/aromatic N) is 2. The van der Waals surface area contributed by atoms with Crippen LogP contribution in [0.2, 0.25) is 0 Å². The highest BCUT2D eigenvalue weighted by molar-refractivity contribution is 5.57. The number of nitrogens with one attached hydrogen (secondary N) is 1. The van der Waals surface area contributed by atoms with Crippen LogP contribution >= 0.6 is 0 Å². The van der Waals surface area contributed by atoms with Crippen molar-refractivity contribution in [2.45, 2.75) is 13.8 Å². The van der Waals surface area contributed by atoms with Gasteiger partial charge in [0.2, 0.25) is 5.88 Å². The molecule has 19 heavy (non-hydrogen) atoms. The average Bonchev–Trinajstić information content (AvgIpc) is 2.45. The molecule has 0 saturated carbocycles. The fourth-order valence-corrected chi connectivity index (χ4v) is 1.54. The Morgan fingerprint density at radius 2 is 1.95 bits per heavy atom. The van der Waals surface area contributed by atoms with Gasteiger partial charge in [0, 0.05) is 11.6 Å². The number of nitrogens with two attached hydrogens (primary N) is 1. The van der Waals surface area contributed by atoms with E-state index in [9.17, 15) is 0 Å². The van der Waals surface area contributed by atoms with Crippen LogP contribution in [0, 0.1) is 5.92 Å². The minimum atomic E-state index is 0.435. The van der Waals surface area contributed by atoms with Crippen LogP contribution in [0.3, 0.4) is 0 Å². The Hall–Kier alpha value is -2.14. The van der Waals surface area contributed by atoms with Crippen LogP contribution in [0.4, 0.5) is 5.82 Å². The molecule has 1 aromatic heterocycles. The number of ether oxygens (including phenoxy) is 1. The van der Waals surface area contributed by atoms with Crippen molar-refractivity contribution in [2.75, 3.05) is 12.0 Å². The highest BCUT2D eigenvalue weighted by Crippen LogP contribution is 2.21. The number of hydrazine groups is 1. The summed E-state index contributed by atoms with van der Waals surface area (Å²) in [7, 11) is 0. The van der Waals surface area contributed by atoms with Crippen molar-refractivity contribution in [3.8, 4) is 17.3 Å². The van der Waals surface area contributed by atoms with Gasteiger partial charge in [-0.15, -0.1) is 0 Å². The molecule has 100 valence electrons. The molecule has 1 heterocycles. The van der Waals surface area contributed by atoms with Crippen molar-refractivity contribution in [2.24, 2.45) is 11.8 Å². The standard InChI is InChI=1S/C14H18N4O/c1-10(2)9-19-13-8-12(18-15)16-14(17-13)11-6-4-3-5-7-11/h3-8,10H,9,15H2,1-2H3,(H,16,17,18). The Bertz CT molecular complexity index is 528. The van der Waals surface area contributed by atoms with E-state index in [1.165, 1.54) is 0 Å². The lowest BCUT2D eigenvalue weighted by molar-refractivity contribution is 0.261. The van der Waals surface area contributed by atoms with Gasteiger partial charge >= 0.3 is 0 Å². The predicted molar refractivity (Wildman–Crippen MR) is 75.6 cm³/mol. The molecule has 0 spiro atoms. The Labute approximate surface area is 112 Å². The van der Waals surface area contributed by atoms with E-state index in [0.717, 1.165) is 5.56 Å². The van der Waals surface area contributed by atoms with Crippen molar-refractivity contribution in [1.82, 2.24) is 9.97 Å². The van der Waals surface area contributed by atoms with Gasteiger partial charge in [-0.2, -0.15) is 4.98 Å². The molecular weight excluding hydrogens is 240 g/mol. The molecule has 5 nitrogen and oxygen atoms in total. The van der Waals surface area contributed by atoms with Crippen molar-refractivity contribution < 1.29 is 4.74 Å². The molecule has 0 aliphatic carbocycles. The van der Waals surface area contributed by atoms with Crippen LogP contribution in [0.1, 0.15) is 13.8 Å². The first-order chi connectivity index (χ1) is 9.19. The van der Waals surface area contributed by atoms with Crippen molar-refractivity contribution in [3.63, 3.8) is 0 Å². The van der Waals surface area contributed by atoms with Crippen LogP contribution in [0.15, 0.2) is 36.4 Å². The first kappa shape index (κ1) is 13.3. The maximum absolute atomic E-state index is 5.63. The zero-order valence-corrected chi connectivity index (χ0v) is 11.1. The zero-order chi connectivity index (χ0) is 13.7. The van der Waals surface area contributed by atoms with Crippen LogP contribution in [-0.4, -0.2) is 16.6 Å². The Balaban J connectivity index is 2.31. The lowest BCUT2D eigenvalue weighted by atomic mass is 10.2. The Morgan fingerprint density at radius 3 is 2.58 bits per heavy atom. The molecular formula is C14H18N4O. The molecule has 0 bridgehead atoms. The number of benzene rings is 1. The zero-order valence-electron chi connectivity index (χ0n) is 11.1. The molecule has 0 atom stereocenters. The summed E-state index contributed by atoms with van der Waals surface area (Å²) >= 11 is 0. The summed E-state index contributed by atoms with van der Waals surface area (Å²) in [4.78, 5) is 8.72. The van der Waals surface area contributed by atoms with Crippen molar-refractivity contribution in [3.05, 3.63) is 36.4 Å². The van der Waals surface area contributed by atoms with Gasteiger partial charge < -0.3 is 10.2 Å². The summed E-state index contributed by atoms with van der Waals surface area (Å²) in [6, 6.07) is 11.4. The minimum Gasteiger partial charge on any atom is -0.477 e. The second-order valence-electron chi connectivity index (χ2n) is 4.63. The van der Waals surface area contributed by atoms with E-state index < -0.39 is 0 Å². The molecule has 0 amide bonds. The van der Waals surface area contributed by atoms with E-state index in [4.69, 9.17) is 10.6 Å². The van der Waals surface area contributed by atoms with E-state index >= 15 is 0 Å². The molecule has 0 radical (unpaired) electrons. The summed E-state index contributed by atoms with van der Waals surface area (Å²) in [6.45, 7) is 4.78. The van der Waals surface area contributed by atoms with E-state index in [1.54, 1.807) is 6.07 Å². The minimum absolute atomic E-state index is 0.435. The van der Waals surface area contributed by atoms with E-state index in [0.29, 0.717) is 30.0 Å². The maximum atomic E-state index is 5.63. The molecule has 2 rings (SSSR count). The maximum Gasteiger partial charge on any atom is 0.219 e. The smallest absolute Gasteiger partial charge is 0.219 e. The van der Waals surface area contributed by atoms with Gasteiger partial charge in [-0.25, -0.2) is 10.8 Å². The normalized spacial score (nSPS) is 10.5. The van der Waals surface area contributed by atoms with Gasteiger partial charge in [0.25, 0.3) is 0 Å². The van der Waals surface area contributed by atoms with Crippen molar-refractivity contribution >= 4 is 5.82 Å². The number of hydrogen-bond acceptors (Lipinski definition) is 5. The van der Waals surface area contributed by atoms with Crippen LogP contribution in [0.5, 0.6) is 5.88 Å². The molecule has 0 unspecified atom stereocenters. The summed E-state index contributed by atoms with van der Waals surface area (Å²) in [5.74, 6) is 7.51. The third-order valence-electron chi connectivity index (χ3n) is 2.45. The summed E-state index contributed by atoms with van der Waals surface area (Å²) in [6.07, 6.45) is 0. The Kier molecular flexibility index (Phi) is 4.30. The predicted octanol–water partition coefficient (Wildman–Crippen LogP) is 2.46. The van der Waals surface area contributed by atoms with Crippen LogP contribution < -0.4 is 16.0 Å². The fraction of sp³-hybridized carbons (Fsp3) is 0.286. The van der Waals surface area contributed by atoms with Crippen molar-refractivity contribution in [1.29, 1.82) is 0 Å². The summed E-state index contributed by atoms with van der Waals surface area (Å²) < 4.78 is 5.63. The summed E-state index contributed by atoms with van der Waals surface area (Å²) in [5, 5.41) is 0.